The second-order valence-corrected chi connectivity index (χ2v) is 3.38. The van der Waals surface area contributed by atoms with Gasteiger partial charge in [0.15, 0.2) is 0 Å². The van der Waals surface area contributed by atoms with Crippen LogP contribution in [0.15, 0.2) is 53.7 Å². The second kappa shape index (κ2) is 4.49. The zero-order chi connectivity index (χ0) is 11.4. The van der Waals surface area contributed by atoms with Crippen LogP contribution < -0.4 is 0 Å². The summed E-state index contributed by atoms with van der Waals surface area (Å²) in [7, 11) is 0. The first kappa shape index (κ1) is 10.2. The first-order valence-corrected chi connectivity index (χ1v) is 4.82. The first-order chi connectivity index (χ1) is 7.83. The summed E-state index contributed by atoms with van der Waals surface area (Å²) in [6.07, 6.45) is 0.809. The fraction of sp³-hybridized carbons (Fsp3) is 0. The van der Waals surface area contributed by atoms with Crippen LogP contribution in [0.2, 0.25) is 0 Å². The number of hydrogen-bond acceptors (Lipinski definition) is 3. The Morgan fingerprint density at radius 1 is 0.812 bits per heavy atom. The predicted molar refractivity (Wildman–Crippen MR) is 62.7 cm³/mol. The van der Waals surface area contributed by atoms with Gasteiger partial charge in [-0.1, -0.05) is 36.4 Å². The average Bonchev–Trinajstić information content (AvgIpc) is 2.39. The maximum Gasteiger partial charge on any atom is 0.150 e. The third-order valence-electron chi connectivity index (χ3n) is 2.35. The molecule has 0 N–H and O–H groups in total. The van der Waals surface area contributed by atoms with Crippen molar-refractivity contribution >= 4 is 12.0 Å². The van der Waals surface area contributed by atoms with E-state index in [0.29, 0.717) is 11.3 Å². The summed E-state index contributed by atoms with van der Waals surface area (Å²) in [4.78, 5) is 20.7. The molecular weight excluding hydrogens is 202 g/mol. The van der Waals surface area contributed by atoms with Crippen molar-refractivity contribution in [2.24, 2.45) is 5.18 Å². The number of rotatable bonds is 3. The third-order valence-corrected chi connectivity index (χ3v) is 2.35. The molecule has 0 unspecified atom stereocenters. The van der Waals surface area contributed by atoms with E-state index in [1.54, 1.807) is 24.3 Å². The third kappa shape index (κ3) is 2.03. The van der Waals surface area contributed by atoms with E-state index >= 15 is 0 Å². The Labute approximate surface area is 92.7 Å². The normalized spacial score (nSPS) is 9.75. The molecule has 0 amide bonds. The quantitative estimate of drug-likeness (QED) is 0.575. The minimum Gasteiger partial charge on any atom is -0.298 e. The Morgan fingerprint density at radius 3 is 1.75 bits per heavy atom. The van der Waals surface area contributed by atoms with E-state index in [1.165, 1.54) is 0 Å². The van der Waals surface area contributed by atoms with Crippen LogP contribution in [0.25, 0.3) is 11.1 Å². The number of carbonyl (C=O) groups excluding carboxylic acids is 1. The molecule has 0 aromatic heterocycles. The van der Waals surface area contributed by atoms with Gasteiger partial charge in [0.25, 0.3) is 0 Å². The minimum absolute atomic E-state index is 0.410. The fourth-order valence-corrected chi connectivity index (χ4v) is 1.47. The van der Waals surface area contributed by atoms with Gasteiger partial charge in [-0.2, -0.15) is 0 Å². The molecule has 0 radical (unpaired) electrons. The number of hydrogen-bond donors (Lipinski definition) is 0. The van der Waals surface area contributed by atoms with Crippen molar-refractivity contribution < 1.29 is 4.79 Å². The highest BCUT2D eigenvalue weighted by atomic mass is 16.3. The van der Waals surface area contributed by atoms with Gasteiger partial charge in [-0.05, 0) is 28.4 Å². The molecule has 16 heavy (non-hydrogen) atoms. The Hall–Kier alpha value is -2.29. The Balaban J connectivity index is 2.34. The maximum absolute atomic E-state index is 10.5. The van der Waals surface area contributed by atoms with Crippen LogP contribution in [0.4, 0.5) is 5.69 Å². The van der Waals surface area contributed by atoms with E-state index in [1.807, 2.05) is 24.3 Å². The Kier molecular flexibility index (Phi) is 2.87. The van der Waals surface area contributed by atoms with Crippen LogP contribution in [0, 0.1) is 4.91 Å². The molecule has 0 atom stereocenters. The standard InChI is InChI=1S/C13H9NO2/c15-9-10-1-3-11(4-2-10)12-5-7-13(14-16)8-6-12/h1-9H. The molecule has 0 saturated heterocycles. The summed E-state index contributed by atoms with van der Waals surface area (Å²) in [6.45, 7) is 0. The number of benzene rings is 2. The van der Waals surface area contributed by atoms with Crippen molar-refractivity contribution in [2.45, 2.75) is 0 Å². The summed E-state index contributed by atoms with van der Waals surface area (Å²) in [5, 5.41) is 2.84. The lowest BCUT2D eigenvalue weighted by Crippen LogP contribution is -1.80. The molecule has 0 aliphatic carbocycles. The molecule has 78 valence electrons. The molecule has 0 aliphatic heterocycles. The zero-order valence-corrected chi connectivity index (χ0v) is 8.46. The molecule has 2 aromatic rings. The number of aldehydes is 1. The van der Waals surface area contributed by atoms with Gasteiger partial charge in [-0.25, -0.2) is 0 Å². The van der Waals surface area contributed by atoms with Crippen LogP contribution in [0.1, 0.15) is 10.4 Å². The van der Waals surface area contributed by atoms with Gasteiger partial charge in [0, 0.05) is 5.56 Å². The summed E-state index contributed by atoms with van der Waals surface area (Å²) in [6, 6.07) is 14.2. The van der Waals surface area contributed by atoms with E-state index in [2.05, 4.69) is 5.18 Å². The Morgan fingerprint density at radius 2 is 1.31 bits per heavy atom. The van der Waals surface area contributed by atoms with E-state index in [9.17, 15) is 9.70 Å². The van der Waals surface area contributed by atoms with Crippen molar-refractivity contribution in [1.29, 1.82) is 0 Å². The molecule has 0 heterocycles. The van der Waals surface area contributed by atoms with Crippen molar-refractivity contribution in [3.05, 3.63) is 59.0 Å². The lowest BCUT2D eigenvalue weighted by Gasteiger charge is -2.01. The van der Waals surface area contributed by atoms with Gasteiger partial charge in [0.2, 0.25) is 0 Å². The number of nitrogens with zero attached hydrogens (tertiary/aromatic N) is 1. The highest BCUT2D eigenvalue weighted by Crippen LogP contribution is 2.22. The second-order valence-electron chi connectivity index (χ2n) is 3.38. The van der Waals surface area contributed by atoms with E-state index in [-0.39, 0.29) is 0 Å². The van der Waals surface area contributed by atoms with Crippen molar-refractivity contribution in [2.75, 3.05) is 0 Å². The summed E-state index contributed by atoms with van der Waals surface area (Å²) in [5.41, 5.74) is 3.05. The summed E-state index contributed by atoms with van der Waals surface area (Å²) < 4.78 is 0. The zero-order valence-electron chi connectivity index (χ0n) is 8.46. The Bertz CT molecular complexity index is 451. The van der Waals surface area contributed by atoms with Gasteiger partial charge < -0.3 is 0 Å². The van der Waals surface area contributed by atoms with Gasteiger partial charge in [-0.15, -0.1) is 4.91 Å². The van der Waals surface area contributed by atoms with Crippen molar-refractivity contribution in [3.8, 4) is 11.1 Å². The van der Waals surface area contributed by atoms with Gasteiger partial charge in [0.05, 0.1) is 0 Å². The predicted octanol–water partition coefficient (Wildman–Crippen LogP) is 3.56. The van der Waals surface area contributed by atoms with Crippen LogP contribution in [0.3, 0.4) is 0 Å². The highest BCUT2D eigenvalue weighted by molar-refractivity contribution is 5.77. The monoisotopic (exact) mass is 211 g/mol. The van der Waals surface area contributed by atoms with E-state index < -0.39 is 0 Å². The highest BCUT2D eigenvalue weighted by Gasteiger charge is 1.98. The number of nitroso groups, excluding NO2 is 1. The smallest absolute Gasteiger partial charge is 0.150 e. The first-order valence-electron chi connectivity index (χ1n) is 4.82. The van der Waals surface area contributed by atoms with Crippen LogP contribution in [-0.2, 0) is 0 Å². The van der Waals surface area contributed by atoms with Gasteiger partial charge in [-0.3, -0.25) is 4.79 Å². The van der Waals surface area contributed by atoms with Crippen LogP contribution in [-0.4, -0.2) is 6.29 Å². The molecule has 0 bridgehead atoms. The van der Waals surface area contributed by atoms with Crippen molar-refractivity contribution in [3.63, 3.8) is 0 Å². The molecule has 3 heteroatoms. The van der Waals surface area contributed by atoms with Gasteiger partial charge in [0.1, 0.15) is 12.0 Å². The molecule has 0 spiro atoms. The van der Waals surface area contributed by atoms with Gasteiger partial charge >= 0.3 is 0 Å². The molecular formula is C13H9NO2. The molecule has 0 fully saturated rings. The summed E-state index contributed by atoms with van der Waals surface area (Å²) in [5.74, 6) is 0. The lowest BCUT2D eigenvalue weighted by molar-refractivity contribution is 0.112. The lowest BCUT2D eigenvalue weighted by atomic mass is 10.0. The summed E-state index contributed by atoms with van der Waals surface area (Å²) >= 11 is 0. The van der Waals surface area contributed by atoms with E-state index in [0.717, 1.165) is 17.4 Å². The van der Waals surface area contributed by atoms with E-state index in [4.69, 9.17) is 0 Å². The largest absolute Gasteiger partial charge is 0.298 e. The van der Waals surface area contributed by atoms with Crippen LogP contribution >= 0.6 is 0 Å². The number of carbonyl (C=O) groups is 1. The van der Waals surface area contributed by atoms with Crippen LogP contribution in [0.5, 0.6) is 0 Å². The fourth-order valence-electron chi connectivity index (χ4n) is 1.47. The molecule has 3 nitrogen and oxygen atoms in total. The molecule has 2 aromatic carbocycles. The maximum atomic E-state index is 10.5. The topological polar surface area (TPSA) is 46.5 Å². The van der Waals surface area contributed by atoms with Crippen molar-refractivity contribution in [1.82, 2.24) is 0 Å². The molecule has 2 rings (SSSR count). The molecule has 0 saturated carbocycles. The average molecular weight is 211 g/mol. The minimum atomic E-state index is 0.410. The SMILES string of the molecule is O=Cc1ccc(-c2ccc(N=O)cc2)cc1. The molecule has 0 aliphatic rings.